The van der Waals surface area contributed by atoms with E-state index in [4.69, 9.17) is 19.9 Å². The lowest BCUT2D eigenvalue weighted by Crippen LogP contribution is -2.22. The molecule has 31 heavy (non-hydrogen) atoms. The summed E-state index contributed by atoms with van der Waals surface area (Å²) in [4.78, 5) is 4.16. The molecule has 168 valence electrons. The Labute approximate surface area is 179 Å². The van der Waals surface area contributed by atoms with Crippen molar-refractivity contribution >= 4 is 24.8 Å². The number of methoxy groups -OCH3 is 1. The van der Waals surface area contributed by atoms with Crippen molar-refractivity contribution in [2.24, 2.45) is 0 Å². The highest BCUT2D eigenvalue weighted by Gasteiger charge is 2.36. The van der Waals surface area contributed by atoms with Gasteiger partial charge in [-0.25, -0.2) is 4.98 Å². The first kappa shape index (κ1) is 23.0. The zero-order valence-electron chi connectivity index (χ0n) is 17.9. The van der Waals surface area contributed by atoms with Crippen LogP contribution in [0.3, 0.4) is 0 Å². The van der Waals surface area contributed by atoms with E-state index < -0.39 is 19.8 Å². The normalized spacial score (nSPS) is 12.4. The number of rotatable bonds is 8. The number of pyridine rings is 1. The first-order chi connectivity index (χ1) is 14.5. The van der Waals surface area contributed by atoms with Crippen LogP contribution in [-0.4, -0.2) is 31.3 Å². The first-order valence-electron chi connectivity index (χ1n) is 9.74. The fraction of sp³-hybridized carbons (Fsp3) is 0.381. The summed E-state index contributed by atoms with van der Waals surface area (Å²) < 4.78 is 59.5. The lowest BCUT2D eigenvalue weighted by molar-refractivity contribution is -0.136. The number of aromatic nitrogens is 2. The van der Waals surface area contributed by atoms with Crippen LogP contribution in [0.4, 0.5) is 18.9 Å². The second-order valence-electron chi connectivity index (χ2n) is 8.38. The third-order valence-corrected chi connectivity index (χ3v) is 6.36. The molecule has 0 spiro atoms. The van der Waals surface area contributed by atoms with Crippen molar-refractivity contribution in [3.63, 3.8) is 0 Å². The average Bonchev–Trinajstić information content (AvgIpc) is 3.06. The third kappa shape index (κ3) is 5.50. The predicted octanol–water partition coefficient (Wildman–Crippen LogP) is 5.75. The molecular weight excluding hydrogens is 427 g/mol. The minimum absolute atomic E-state index is 0.0150. The van der Waals surface area contributed by atoms with Crippen molar-refractivity contribution < 1.29 is 27.4 Å². The fourth-order valence-corrected chi connectivity index (χ4v) is 3.77. The predicted molar refractivity (Wildman–Crippen MR) is 116 cm³/mol. The maximum atomic E-state index is 13.8. The largest absolute Gasteiger partial charge is 0.493 e. The van der Waals surface area contributed by atoms with Crippen molar-refractivity contribution in [1.29, 1.82) is 0 Å². The van der Waals surface area contributed by atoms with Gasteiger partial charge in [-0.05, 0) is 24.2 Å². The maximum Gasteiger partial charge on any atom is 0.418 e. The van der Waals surface area contributed by atoms with E-state index in [1.54, 1.807) is 12.1 Å². The molecule has 10 heteroatoms. The van der Waals surface area contributed by atoms with E-state index in [1.807, 2.05) is 0 Å². The van der Waals surface area contributed by atoms with Gasteiger partial charge in [0, 0.05) is 38.8 Å². The maximum absolute atomic E-state index is 13.8. The number of fused-ring (bicyclic) bond motifs is 1. The van der Waals surface area contributed by atoms with Gasteiger partial charge in [-0.2, -0.15) is 13.2 Å². The summed E-state index contributed by atoms with van der Waals surface area (Å²) in [6, 6.07) is 6.97. The molecule has 2 N–H and O–H groups in total. The molecule has 6 nitrogen and oxygen atoms in total. The molecule has 3 rings (SSSR count). The molecule has 0 aliphatic rings. The van der Waals surface area contributed by atoms with Crippen LogP contribution in [0.5, 0.6) is 17.2 Å². The highest BCUT2D eigenvalue weighted by atomic mass is 28.3. The standard InChI is InChI=1S/C21H26F3N3O3Si/c1-28-18-11-14(25)5-6-16(18)30-17-7-8-26-20-19(17)15(21(22,23)24)12-27(20)13-29-9-10-31(2,3)4/h5-8,11-12H,9-10,13,25H2,1-4H3. The monoisotopic (exact) mass is 453 g/mol. The minimum atomic E-state index is -4.59. The van der Waals surface area contributed by atoms with E-state index in [-0.39, 0.29) is 29.3 Å². The molecule has 3 aromatic rings. The van der Waals surface area contributed by atoms with Crippen LogP contribution in [0.1, 0.15) is 5.56 Å². The summed E-state index contributed by atoms with van der Waals surface area (Å²) in [7, 11) is 0.120. The van der Waals surface area contributed by atoms with Gasteiger partial charge < -0.3 is 24.5 Å². The zero-order chi connectivity index (χ0) is 22.8. The molecule has 0 radical (unpaired) electrons. The van der Waals surface area contributed by atoms with Crippen LogP contribution in [0.2, 0.25) is 25.7 Å². The molecule has 0 saturated heterocycles. The Kier molecular flexibility index (Phi) is 6.51. The third-order valence-electron chi connectivity index (χ3n) is 4.66. The van der Waals surface area contributed by atoms with Gasteiger partial charge in [0.05, 0.1) is 18.1 Å². The van der Waals surface area contributed by atoms with E-state index in [0.717, 1.165) is 12.2 Å². The van der Waals surface area contributed by atoms with Gasteiger partial charge in [0.25, 0.3) is 0 Å². The summed E-state index contributed by atoms with van der Waals surface area (Å²) >= 11 is 0. The Bertz CT molecular complexity index is 1060. The summed E-state index contributed by atoms with van der Waals surface area (Å²) in [6.07, 6.45) is -2.17. The molecule has 0 saturated carbocycles. The van der Waals surface area contributed by atoms with E-state index in [2.05, 4.69) is 24.6 Å². The molecule has 0 aliphatic heterocycles. The smallest absolute Gasteiger partial charge is 0.418 e. The van der Waals surface area contributed by atoms with Crippen LogP contribution in [0.15, 0.2) is 36.7 Å². The molecule has 2 heterocycles. The second kappa shape index (κ2) is 8.79. The molecule has 0 amide bonds. The molecule has 1 aromatic carbocycles. The summed E-state index contributed by atoms with van der Waals surface area (Å²) in [5.74, 6) is 0.574. The van der Waals surface area contributed by atoms with Crippen LogP contribution in [-0.2, 0) is 17.6 Å². The number of ether oxygens (including phenoxy) is 3. The summed E-state index contributed by atoms with van der Waals surface area (Å²) in [6.45, 7) is 7.08. The Morgan fingerprint density at radius 3 is 2.48 bits per heavy atom. The van der Waals surface area contributed by atoms with Gasteiger partial charge in [0.15, 0.2) is 11.5 Å². The van der Waals surface area contributed by atoms with Crippen molar-refractivity contribution in [1.82, 2.24) is 9.55 Å². The topological polar surface area (TPSA) is 71.5 Å². The van der Waals surface area contributed by atoms with E-state index >= 15 is 0 Å². The second-order valence-corrected chi connectivity index (χ2v) is 14.0. The van der Waals surface area contributed by atoms with Crippen molar-refractivity contribution in [3.05, 3.63) is 42.2 Å². The zero-order valence-corrected chi connectivity index (χ0v) is 18.9. The lowest BCUT2D eigenvalue weighted by Gasteiger charge is -2.15. The summed E-state index contributed by atoms with van der Waals surface area (Å²) in [5, 5.41) is -0.136. The number of halogens is 3. The van der Waals surface area contributed by atoms with Crippen LogP contribution in [0, 0.1) is 0 Å². The van der Waals surface area contributed by atoms with Crippen LogP contribution in [0.25, 0.3) is 11.0 Å². The van der Waals surface area contributed by atoms with Gasteiger partial charge >= 0.3 is 6.18 Å². The van der Waals surface area contributed by atoms with Gasteiger partial charge in [0.1, 0.15) is 18.1 Å². The highest BCUT2D eigenvalue weighted by Crippen LogP contribution is 2.42. The molecule has 0 bridgehead atoms. The number of nitrogens with zero attached hydrogens (tertiary/aromatic N) is 2. The van der Waals surface area contributed by atoms with Crippen molar-refractivity contribution in [2.75, 3.05) is 19.5 Å². The van der Waals surface area contributed by atoms with Crippen molar-refractivity contribution in [2.45, 2.75) is 38.6 Å². The molecule has 0 aliphatic carbocycles. The molecular formula is C21H26F3N3O3Si. The van der Waals surface area contributed by atoms with Crippen molar-refractivity contribution in [3.8, 4) is 17.2 Å². The molecule has 0 fully saturated rings. The molecule has 2 aromatic heterocycles. The Morgan fingerprint density at radius 2 is 1.84 bits per heavy atom. The number of alkyl halides is 3. The summed E-state index contributed by atoms with van der Waals surface area (Å²) in [5.41, 5.74) is 5.49. The van der Waals surface area contributed by atoms with E-state index in [9.17, 15) is 13.2 Å². The number of anilines is 1. The SMILES string of the molecule is COc1cc(N)ccc1Oc1ccnc2c1c(C(F)(F)F)cn2COCC[Si](C)(C)C. The number of hydrogen-bond acceptors (Lipinski definition) is 5. The number of nitrogens with two attached hydrogens (primary N) is 1. The van der Waals surface area contributed by atoms with E-state index in [0.29, 0.717) is 18.0 Å². The number of nitrogen functional groups attached to an aromatic ring is 1. The first-order valence-corrected chi connectivity index (χ1v) is 13.4. The quantitative estimate of drug-likeness (QED) is 0.267. The Hall–Kier alpha value is -2.72. The van der Waals surface area contributed by atoms with Gasteiger partial charge in [-0.1, -0.05) is 19.6 Å². The van der Waals surface area contributed by atoms with Gasteiger partial charge in [-0.15, -0.1) is 0 Å². The fourth-order valence-electron chi connectivity index (χ4n) is 3.01. The van der Waals surface area contributed by atoms with Crippen LogP contribution >= 0.6 is 0 Å². The molecule has 0 unspecified atom stereocenters. The Balaban J connectivity index is 1.99. The van der Waals surface area contributed by atoms with Gasteiger partial charge in [0.2, 0.25) is 0 Å². The minimum Gasteiger partial charge on any atom is -0.493 e. The van der Waals surface area contributed by atoms with Gasteiger partial charge in [-0.3, -0.25) is 0 Å². The lowest BCUT2D eigenvalue weighted by atomic mass is 10.2. The number of benzene rings is 1. The number of hydrogen-bond donors (Lipinski definition) is 1. The molecule has 0 atom stereocenters. The Morgan fingerprint density at radius 1 is 1.10 bits per heavy atom. The van der Waals surface area contributed by atoms with E-state index in [1.165, 1.54) is 30.0 Å². The van der Waals surface area contributed by atoms with Crippen LogP contribution < -0.4 is 15.2 Å². The highest BCUT2D eigenvalue weighted by molar-refractivity contribution is 6.76. The average molecular weight is 454 g/mol.